The summed E-state index contributed by atoms with van der Waals surface area (Å²) in [5, 5.41) is 3.26. The molecule has 1 aromatic rings. The Balaban J connectivity index is 0.000000980. The van der Waals surface area contributed by atoms with Gasteiger partial charge in [-0.25, -0.2) is 4.98 Å². The second-order valence-corrected chi connectivity index (χ2v) is 3.29. The number of aromatic nitrogens is 1. The van der Waals surface area contributed by atoms with Crippen LogP contribution in [0.4, 0.5) is 0 Å². The van der Waals surface area contributed by atoms with Crippen molar-refractivity contribution in [3.05, 3.63) is 29.1 Å². The highest BCUT2D eigenvalue weighted by Gasteiger charge is 2.11. The van der Waals surface area contributed by atoms with E-state index in [0.717, 1.165) is 25.2 Å². The van der Waals surface area contributed by atoms with Crippen LogP contribution in [0.1, 0.15) is 28.7 Å². The van der Waals surface area contributed by atoms with Crippen LogP contribution in [0.2, 0.25) is 0 Å². The molecule has 0 amide bonds. The molecular weight excluding hydrogens is 200 g/mol. The Hall–Kier alpha value is -0.930. The zero-order chi connectivity index (χ0) is 9.26. The van der Waals surface area contributed by atoms with Gasteiger partial charge >= 0.3 is 0 Å². The Kier molecular flexibility index (Phi) is 3.61. The van der Waals surface area contributed by atoms with Crippen molar-refractivity contribution in [1.82, 2.24) is 10.3 Å². The van der Waals surface area contributed by atoms with Crippen LogP contribution in [0.15, 0.2) is 12.1 Å². The predicted molar refractivity (Wildman–Crippen MR) is 56.9 cm³/mol. The zero-order valence-corrected chi connectivity index (χ0v) is 8.86. The number of carbonyl (C=O) groups is 1. The smallest absolute Gasteiger partial charge is 0.178 e. The van der Waals surface area contributed by atoms with Crippen LogP contribution >= 0.6 is 12.4 Å². The van der Waals surface area contributed by atoms with Gasteiger partial charge in [0.2, 0.25) is 0 Å². The van der Waals surface area contributed by atoms with Gasteiger partial charge in [-0.1, -0.05) is 6.07 Å². The Morgan fingerprint density at radius 1 is 1.50 bits per heavy atom. The topological polar surface area (TPSA) is 42.0 Å². The lowest BCUT2D eigenvalue weighted by atomic mass is 10.1. The number of carbonyl (C=O) groups excluding carboxylic acids is 1. The van der Waals surface area contributed by atoms with Crippen molar-refractivity contribution in [2.24, 2.45) is 0 Å². The number of ketones is 1. The van der Waals surface area contributed by atoms with Gasteiger partial charge in [0, 0.05) is 32.1 Å². The van der Waals surface area contributed by atoms with Crippen molar-refractivity contribution >= 4 is 18.2 Å². The summed E-state index contributed by atoms with van der Waals surface area (Å²) in [5.41, 5.74) is 2.88. The molecule has 3 nitrogen and oxygen atoms in total. The van der Waals surface area contributed by atoms with Crippen LogP contribution in [-0.4, -0.2) is 17.3 Å². The van der Waals surface area contributed by atoms with Crippen LogP contribution in [-0.2, 0) is 13.0 Å². The molecule has 4 heteroatoms. The number of rotatable bonds is 1. The van der Waals surface area contributed by atoms with Gasteiger partial charge in [-0.2, -0.15) is 0 Å². The third kappa shape index (κ3) is 2.11. The van der Waals surface area contributed by atoms with Crippen molar-refractivity contribution in [2.45, 2.75) is 19.9 Å². The van der Waals surface area contributed by atoms with Crippen molar-refractivity contribution in [3.8, 4) is 0 Å². The number of hydrogen-bond acceptors (Lipinski definition) is 3. The molecule has 0 spiro atoms. The lowest BCUT2D eigenvalue weighted by molar-refractivity contribution is 0.101. The van der Waals surface area contributed by atoms with Crippen LogP contribution in [0.25, 0.3) is 0 Å². The van der Waals surface area contributed by atoms with E-state index in [1.807, 2.05) is 6.07 Å². The van der Waals surface area contributed by atoms with E-state index in [0.29, 0.717) is 5.69 Å². The molecule has 1 N–H and O–H groups in total. The normalized spacial score (nSPS) is 14.1. The van der Waals surface area contributed by atoms with E-state index in [4.69, 9.17) is 0 Å². The van der Waals surface area contributed by atoms with E-state index < -0.39 is 0 Å². The molecule has 14 heavy (non-hydrogen) atoms. The van der Waals surface area contributed by atoms with Gasteiger partial charge in [0.05, 0.1) is 0 Å². The highest BCUT2D eigenvalue weighted by molar-refractivity contribution is 5.92. The first-order valence-corrected chi connectivity index (χ1v) is 4.48. The van der Waals surface area contributed by atoms with Crippen LogP contribution in [0.3, 0.4) is 0 Å². The summed E-state index contributed by atoms with van der Waals surface area (Å²) in [6.45, 7) is 3.39. The standard InChI is InChI=1S/C10H12N2O.ClH/c1-7(13)9-3-2-8-6-11-5-4-10(8)12-9;/h2-3,11H,4-6H2,1H3;1H. The molecule has 0 unspecified atom stereocenters. The quantitative estimate of drug-likeness (QED) is 0.715. The third-order valence-corrected chi connectivity index (χ3v) is 2.28. The van der Waals surface area contributed by atoms with E-state index in [9.17, 15) is 4.79 Å². The summed E-state index contributed by atoms with van der Waals surface area (Å²) in [5.74, 6) is 0.0429. The minimum Gasteiger partial charge on any atom is -0.312 e. The molecule has 1 aromatic heterocycles. The number of hydrogen-bond donors (Lipinski definition) is 1. The number of halogens is 1. The molecule has 2 rings (SSSR count). The monoisotopic (exact) mass is 212 g/mol. The highest BCUT2D eigenvalue weighted by Crippen LogP contribution is 2.12. The molecule has 0 aliphatic carbocycles. The molecule has 76 valence electrons. The van der Waals surface area contributed by atoms with E-state index in [2.05, 4.69) is 10.3 Å². The molecule has 0 aromatic carbocycles. The molecule has 2 heterocycles. The van der Waals surface area contributed by atoms with Gasteiger partial charge < -0.3 is 5.32 Å². The Morgan fingerprint density at radius 3 is 3.00 bits per heavy atom. The molecular formula is C10H13ClN2O. The predicted octanol–water partition coefficient (Wildman–Crippen LogP) is 1.35. The number of nitrogens with one attached hydrogen (secondary N) is 1. The Morgan fingerprint density at radius 2 is 2.29 bits per heavy atom. The summed E-state index contributed by atoms with van der Waals surface area (Å²) < 4.78 is 0. The molecule has 0 saturated carbocycles. The van der Waals surface area contributed by atoms with Gasteiger partial charge in [0.25, 0.3) is 0 Å². The Bertz CT molecular complexity index is 352. The van der Waals surface area contributed by atoms with Gasteiger partial charge in [-0.15, -0.1) is 12.4 Å². The SMILES string of the molecule is CC(=O)c1ccc2c(n1)CCNC2.Cl. The van der Waals surface area contributed by atoms with Crippen molar-refractivity contribution in [2.75, 3.05) is 6.54 Å². The average Bonchev–Trinajstić information content (AvgIpc) is 2.17. The van der Waals surface area contributed by atoms with Gasteiger partial charge in [-0.3, -0.25) is 4.79 Å². The minimum atomic E-state index is 0. The minimum absolute atomic E-state index is 0. The first kappa shape index (κ1) is 11.1. The first-order valence-electron chi connectivity index (χ1n) is 4.48. The first-order chi connectivity index (χ1) is 6.27. The lowest BCUT2D eigenvalue weighted by Crippen LogP contribution is -2.25. The van der Waals surface area contributed by atoms with Crippen LogP contribution in [0.5, 0.6) is 0 Å². The zero-order valence-electron chi connectivity index (χ0n) is 8.04. The molecule has 0 saturated heterocycles. The second-order valence-electron chi connectivity index (χ2n) is 3.29. The van der Waals surface area contributed by atoms with Gasteiger partial charge in [-0.05, 0) is 11.6 Å². The maximum absolute atomic E-state index is 11.1. The fourth-order valence-electron chi connectivity index (χ4n) is 1.53. The molecule has 0 bridgehead atoms. The van der Waals surface area contributed by atoms with Crippen LogP contribution < -0.4 is 5.32 Å². The van der Waals surface area contributed by atoms with Crippen molar-refractivity contribution in [3.63, 3.8) is 0 Å². The highest BCUT2D eigenvalue weighted by atomic mass is 35.5. The van der Waals surface area contributed by atoms with Crippen LogP contribution in [0, 0.1) is 0 Å². The number of fused-ring (bicyclic) bond motifs is 1. The molecule has 0 radical (unpaired) electrons. The fraction of sp³-hybridized carbons (Fsp3) is 0.400. The van der Waals surface area contributed by atoms with Crippen molar-refractivity contribution in [1.29, 1.82) is 0 Å². The van der Waals surface area contributed by atoms with E-state index in [1.54, 1.807) is 13.0 Å². The van der Waals surface area contributed by atoms with Gasteiger partial charge in [0.1, 0.15) is 5.69 Å². The van der Waals surface area contributed by atoms with Crippen molar-refractivity contribution < 1.29 is 4.79 Å². The summed E-state index contributed by atoms with van der Waals surface area (Å²) in [6, 6.07) is 3.79. The molecule has 1 aliphatic rings. The molecule has 0 atom stereocenters. The third-order valence-electron chi connectivity index (χ3n) is 2.28. The summed E-state index contributed by atoms with van der Waals surface area (Å²) in [7, 11) is 0. The number of Topliss-reactive ketones (excluding diaryl/α,β-unsaturated/α-hetero) is 1. The largest absolute Gasteiger partial charge is 0.312 e. The second kappa shape index (κ2) is 4.53. The summed E-state index contributed by atoms with van der Waals surface area (Å²) in [4.78, 5) is 15.4. The maximum Gasteiger partial charge on any atom is 0.178 e. The average molecular weight is 213 g/mol. The fourth-order valence-corrected chi connectivity index (χ4v) is 1.53. The summed E-state index contributed by atoms with van der Waals surface area (Å²) >= 11 is 0. The lowest BCUT2D eigenvalue weighted by Gasteiger charge is -2.15. The van der Waals surface area contributed by atoms with E-state index in [-0.39, 0.29) is 18.2 Å². The number of pyridine rings is 1. The van der Waals surface area contributed by atoms with Gasteiger partial charge in [0.15, 0.2) is 5.78 Å². The maximum atomic E-state index is 11.1. The molecule has 0 fully saturated rings. The number of nitrogens with zero attached hydrogens (tertiary/aromatic N) is 1. The van der Waals surface area contributed by atoms with E-state index >= 15 is 0 Å². The Labute approximate surface area is 89.3 Å². The van der Waals surface area contributed by atoms with E-state index in [1.165, 1.54) is 5.56 Å². The molecule has 1 aliphatic heterocycles. The summed E-state index contributed by atoms with van der Waals surface area (Å²) in [6.07, 6.45) is 0.927.